The zero-order valence-electron chi connectivity index (χ0n) is 8.44. The smallest absolute Gasteiger partial charge is 0.105 e. The van der Waals surface area contributed by atoms with E-state index in [1.165, 1.54) is 0 Å². The van der Waals surface area contributed by atoms with Crippen LogP contribution in [0.25, 0.3) is 0 Å². The molecule has 2 heterocycles. The molecule has 0 aliphatic rings. The largest absolute Gasteiger partial charge is 0.329 e. The lowest BCUT2D eigenvalue weighted by molar-refractivity contribution is 0.739. The summed E-state index contributed by atoms with van der Waals surface area (Å²) in [5, 5.41) is 0. The monoisotopic (exact) mass is 187 g/mol. The van der Waals surface area contributed by atoms with Gasteiger partial charge >= 0.3 is 0 Å². The Balaban J connectivity index is 2.23. The van der Waals surface area contributed by atoms with E-state index in [4.69, 9.17) is 0 Å². The summed E-state index contributed by atoms with van der Waals surface area (Å²) >= 11 is 0. The van der Waals surface area contributed by atoms with Gasteiger partial charge in [0, 0.05) is 18.1 Å². The quantitative estimate of drug-likeness (QED) is 0.719. The number of nitrogens with zero attached hydrogens (tertiary/aromatic N) is 3. The SMILES string of the molecule is Cc1cccc(Cn2ccnc2C)n1. The van der Waals surface area contributed by atoms with Crippen LogP contribution in [0.4, 0.5) is 0 Å². The molecule has 0 aromatic carbocycles. The van der Waals surface area contributed by atoms with E-state index in [2.05, 4.69) is 14.5 Å². The Morgan fingerprint density at radius 2 is 2.14 bits per heavy atom. The highest BCUT2D eigenvalue weighted by Gasteiger charge is 1.99. The summed E-state index contributed by atoms with van der Waals surface area (Å²) in [6.07, 6.45) is 3.78. The first-order chi connectivity index (χ1) is 6.75. The van der Waals surface area contributed by atoms with Gasteiger partial charge in [-0.05, 0) is 26.0 Å². The minimum absolute atomic E-state index is 0.799. The van der Waals surface area contributed by atoms with Crippen LogP contribution in [0.2, 0.25) is 0 Å². The molecule has 0 atom stereocenters. The number of aryl methyl sites for hydroxylation is 2. The van der Waals surface area contributed by atoms with Gasteiger partial charge in [-0.2, -0.15) is 0 Å². The van der Waals surface area contributed by atoms with Crippen molar-refractivity contribution in [2.75, 3.05) is 0 Å². The zero-order valence-corrected chi connectivity index (χ0v) is 8.44. The normalized spacial score (nSPS) is 10.4. The van der Waals surface area contributed by atoms with Crippen LogP contribution in [0.1, 0.15) is 17.2 Å². The predicted octanol–water partition coefficient (Wildman–Crippen LogP) is 1.94. The summed E-state index contributed by atoms with van der Waals surface area (Å²) in [7, 11) is 0. The van der Waals surface area contributed by atoms with Crippen LogP contribution >= 0.6 is 0 Å². The van der Waals surface area contributed by atoms with Gasteiger partial charge in [-0.3, -0.25) is 4.98 Å². The third-order valence-corrected chi connectivity index (χ3v) is 2.20. The highest BCUT2D eigenvalue weighted by atomic mass is 15.1. The number of imidazole rings is 1. The van der Waals surface area contributed by atoms with Crippen molar-refractivity contribution in [1.82, 2.24) is 14.5 Å². The molecular formula is C11H13N3. The van der Waals surface area contributed by atoms with E-state index in [9.17, 15) is 0 Å². The van der Waals surface area contributed by atoms with Gasteiger partial charge in [-0.1, -0.05) is 6.07 Å². The van der Waals surface area contributed by atoms with E-state index in [-0.39, 0.29) is 0 Å². The van der Waals surface area contributed by atoms with Crippen molar-refractivity contribution in [2.24, 2.45) is 0 Å². The van der Waals surface area contributed by atoms with Crippen LogP contribution in [0.5, 0.6) is 0 Å². The molecule has 14 heavy (non-hydrogen) atoms. The molecule has 3 heteroatoms. The third-order valence-electron chi connectivity index (χ3n) is 2.20. The fourth-order valence-electron chi connectivity index (χ4n) is 1.43. The van der Waals surface area contributed by atoms with Crippen LogP contribution in [0.3, 0.4) is 0 Å². The maximum Gasteiger partial charge on any atom is 0.105 e. The van der Waals surface area contributed by atoms with E-state index in [0.29, 0.717) is 0 Å². The van der Waals surface area contributed by atoms with Gasteiger partial charge in [0.2, 0.25) is 0 Å². The van der Waals surface area contributed by atoms with Crippen molar-refractivity contribution >= 4 is 0 Å². The zero-order chi connectivity index (χ0) is 9.97. The summed E-state index contributed by atoms with van der Waals surface area (Å²) in [6.45, 7) is 4.80. The molecule has 0 saturated carbocycles. The lowest BCUT2D eigenvalue weighted by Gasteiger charge is -2.04. The Morgan fingerprint density at radius 1 is 1.29 bits per heavy atom. The molecule has 2 aromatic rings. The molecular weight excluding hydrogens is 174 g/mol. The van der Waals surface area contributed by atoms with Gasteiger partial charge in [0.15, 0.2) is 0 Å². The number of hydrogen-bond acceptors (Lipinski definition) is 2. The Labute approximate surface area is 83.4 Å². The molecule has 0 fully saturated rings. The maximum absolute atomic E-state index is 4.44. The second kappa shape index (κ2) is 3.62. The number of pyridine rings is 1. The van der Waals surface area contributed by atoms with Crippen LogP contribution in [0.15, 0.2) is 30.6 Å². The molecule has 0 bridgehead atoms. The Kier molecular flexibility index (Phi) is 2.31. The molecule has 0 amide bonds. The van der Waals surface area contributed by atoms with Crippen molar-refractivity contribution in [3.8, 4) is 0 Å². The summed E-state index contributed by atoms with van der Waals surface area (Å²) < 4.78 is 2.09. The highest BCUT2D eigenvalue weighted by Crippen LogP contribution is 2.03. The molecule has 2 rings (SSSR count). The molecule has 0 aliphatic carbocycles. The summed E-state index contributed by atoms with van der Waals surface area (Å²) in [4.78, 5) is 8.61. The highest BCUT2D eigenvalue weighted by molar-refractivity contribution is 5.11. The molecule has 0 saturated heterocycles. The second-order valence-corrected chi connectivity index (χ2v) is 3.37. The van der Waals surface area contributed by atoms with Crippen LogP contribution in [0, 0.1) is 13.8 Å². The fourth-order valence-corrected chi connectivity index (χ4v) is 1.43. The standard InChI is InChI=1S/C11H13N3/c1-9-4-3-5-11(13-9)8-14-7-6-12-10(14)2/h3-7H,8H2,1-2H3. The summed E-state index contributed by atoms with van der Waals surface area (Å²) in [6, 6.07) is 6.07. The van der Waals surface area contributed by atoms with E-state index in [1.54, 1.807) is 0 Å². The van der Waals surface area contributed by atoms with E-state index in [0.717, 1.165) is 23.8 Å². The Bertz CT molecular complexity index is 432. The van der Waals surface area contributed by atoms with Crippen LogP contribution < -0.4 is 0 Å². The maximum atomic E-state index is 4.44. The van der Waals surface area contributed by atoms with Gasteiger partial charge in [-0.25, -0.2) is 4.98 Å². The van der Waals surface area contributed by atoms with Crippen LogP contribution in [-0.2, 0) is 6.54 Å². The molecule has 0 N–H and O–H groups in total. The van der Waals surface area contributed by atoms with Crippen molar-refractivity contribution < 1.29 is 0 Å². The van der Waals surface area contributed by atoms with Crippen molar-refractivity contribution in [2.45, 2.75) is 20.4 Å². The van der Waals surface area contributed by atoms with Crippen LogP contribution in [-0.4, -0.2) is 14.5 Å². The minimum atomic E-state index is 0.799. The first-order valence-electron chi connectivity index (χ1n) is 4.66. The molecule has 0 unspecified atom stereocenters. The molecule has 72 valence electrons. The average Bonchev–Trinajstić information content (AvgIpc) is 2.52. The lowest BCUT2D eigenvalue weighted by Crippen LogP contribution is -2.03. The van der Waals surface area contributed by atoms with Gasteiger partial charge in [0.25, 0.3) is 0 Å². The summed E-state index contributed by atoms with van der Waals surface area (Å²) in [5.41, 5.74) is 2.13. The van der Waals surface area contributed by atoms with Gasteiger partial charge in [0.05, 0.1) is 12.2 Å². The van der Waals surface area contributed by atoms with Crippen molar-refractivity contribution in [3.05, 3.63) is 47.8 Å². The van der Waals surface area contributed by atoms with E-state index < -0.39 is 0 Å². The molecule has 0 aliphatic heterocycles. The second-order valence-electron chi connectivity index (χ2n) is 3.37. The minimum Gasteiger partial charge on any atom is -0.329 e. The first-order valence-corrected chi connectivity index (χ1v) is 4.66. The number of rotatable bonds is 2. The summed E-state index contributed by atoms with van der Waals surface area (Å²) in [5.74, 6) is 1.02. The average molecular weight is 187 g/mol. The lowest BCUT2D eigenvalue weighted by atomic mass is 10.3. The Hall–Kier alpha value is -1.64. The van der Waals surface area contributed by atoms with E-state index >= 15 is 0 Å². The van der Waals surface area contributed by atoms with Gasteiger partial charge in [0.1, 0.15) is 5.82 Å². The third kappa shape index (κ3) is 1.82. The molecule has 2 aromatic heterocycles. The van der Waals surface area contributed by atoms with Gasteiger partial charge in [-0.15, -0.1) is 0 Å². The molecule has 0 radical (unpaired) electrons. The number of hydrogen-bond donors (Lipinski definition) is 0. The topological polar surface area (TPSA) is 30.7 Å². The molecule has 3 nitrogen and oxygen atoms in total. The van der Waals surface area contributed by atoms with Crippen molar-refractivity contribution in [3.63, 3.8) is 0 Å². The Morgan fingerprint density at radius 3 is 2.79 bits per heavy atom. The number of aromatic nitrogens is 3. The van der Waals surface area contributed by atoms with E-state index in [1.807, 2.05) is 44.4 Å². The predicted molar refractivity (Wildman–Crippen MR) is 55.0 cm³/mol. The van der Waals surface area contributed by atoms with Gasteiger partial charge < -0.3 is 4.57 Å². The first kappa shape index (κ1) is 8.94. The van der Waals surface area contributed by atoms with Crippen molar-refractivity contribution in [1.29, 1.82) is 0 Å². The fraction of sp³-hybridized carbons (Fsp3) is 0.273. The molecule has 0 spiro atoms.